The van der Waals surface area contributed by atoms with Crippen molar-refractivity contribution in [1.29, 1.82) is 0 Å². The van der Waals surface area contributed by atoms with E-state index in [4.69, 9.17) is 24.3 Å². The summed E-state index contributed by atoms with van der Waals surface area (Å²) in [7, 11) is 0. The van der Waals surface area contributed by atoms with Crippen molar-refractivity contribution in [2.75, 3.05) is 6.54 Å². The number of carbonyl (C=O) groups excluding carboxylic acids is 2. The fourth-order valence-corrected chi connectivity index (χ4v) is 6.63. The monoisotopic (exact) mass is 611 g/mol. The molecule has 1 aliphatic heterocycles. The Morgan fingerprint density at radius 2 is 1.89 bits per heavy atom. The minimum atomic E-state index is -1.35. The first-order chi connectivity index (χ1) is 21.4. The summed E-state index contributed by atoms with van der Waals surface area (Å²) >= 11 is 1.62. The Bertz CT molecular complexity index is 1800. The van der Waals surface area contributed by atoms with E-state index in [0.29, 0.717) is 23.7 Å². The molecule has 0 unspecified atom stereocenters. The highest BCUT2D eigenvalue weighted by Crippen LogP contribution is 2.43. The lowest BCUT2D eigenvalue weighted by atomic mass is 9.96. The number of amides is 2. The maximum atomic E-state index is 14.1. The molecule has 1 aliphatic carbocycles. The molecule has 7 rings (SSSR count). The van der Waals surface area contributed by atoms with Crippen LogP contribution >= 0.6 is 11.3 Å². The molecule has 13 heteroatoms. The molecule has 44 heavy (non-hydrogen) atoms. The number of rotatable bonds is 9. The summed E-state index contributed by atoms with van der Waals surface area (Å²) in [5.74, 6) is 0.679. The smallest absolute Gasteiger partial charge is 0.405 e. The van der Waals surface area contributed by atoms with E-state index in [2.05, 4.69) is 25.5 Å². The van der Waals surface area contributed by atoms with Crippen LogP contribution in [0.1, 0.15) is 77.1 Å². The van der Waals surface area contributed by atoms with E-state index in [1.165, 1.54) is 25.3 Å². The number of ether oxygens (including phenoxy) is 1. The third-order valence-corrected chi connectivity index (χ3v) is 8.83. The number of aromatic nitrogens is 5. The third-order valence-electron chi connectivity index (χ3n) is 7.86. The first-order valence-corrected chi connectivity index (χ1v) is 15.3. The first-order valence-electron chi connectivity index (χ1n) is 14.4. The summed E-state index contributed by atoms with van der Waals surface area (Å²) in [5.41, 5.74) is 7.01. The van der Waals surface area contributed by atoms with Crippen LogP contribution in [0.5, 0.6) is 0 Å². The van der Waals surface area contributed by atoms with Crippen molar-refractivity contribution in [3.63, 3.8) is 0 Å². The minimum absolute atomic E-state index is 0.0289. The van der Waals surface area contributed by atoms with Gasteiger partial charge in [0.1, 0.15) is 22.7 Å². The topological polar surface area (TPSA) is 163 Å². The van der Waals surface area contributed by atoms with Crippen LogP contribution in [0.3, 0.4) is 0 Å². The largest absolute Gasteiger partial charge is 0.443 e. The summed E-state index contributed by atoms with van der Waals surface area (Å²) in [4.78, 5) is 41.6. The zero-order chi connectivity index (χ0) is 30.3. The van der Waals surface area contributed by atoms with Crippen molar-refractivity contribution in [1.82, 2.24) is 30.0 Å². The second kappa shape index (κ2) is 11.3. The van der Waals surface area contributed by atoms with E-state index in [9.17, 15) is 9.59 Å². The Morgan fingerprint density at radius 1 is 1.09 bits per heavy atom. The molecule has 5 aromatic rings. The molecule has 0 radical (unpaired) electrons. The van der Waals surface area contributed by atoms with E-state index in [0.717, 1.165) is 29.1 Å². The molecule has 5 heterocycles. The molecular weight excluding hydrogens is 582 g/mol. The minimum Gasteiger partial charge on any atom is -0.443 e. The predicted octanol–water partition coefficient (Wildman–Crippen LogP) is 5.65. The lowest BCUT2D eigenvalue weighted by molar-refractivity contribution is 0.00731. The second-order valence-corrected chi connectivity index (χ2v) is 12.1. The quantitative estimate of drug-likeness (QED) is 0.220. The molecule has 0 spiro atoms. The first kappa shape index (κ1) is 27.9. The molecule has 2 fully saturated rings. The molecule has 4 aromatic heterocycles. The van der Waals surface area contributed by atoms with Crippen LogP contribution in [-0.2, 0) is 16.8 Å². The zero-order valence-corrected chi connectivity index (χ0v) is 24.7. The fourth-order valence-electron chi connectivity index (χ4n) is 5.58. The van der Waals surface area contributed by atoms with Crippen LogP contribution in [0, 0.1) is 0 Å². The molecule has 2 amide bonds. The number of pyridine rings is 1. The van der Waals surface area contributed by atoms with E-state index in [1.807, 2.05) is 35.2 Å². The highest BCUT2D eigenvalue weighted by Gasteiger charge is 2.38. The summed E-state index contributed by atoms with van der Waals surface area (Å²) in [6.45, 7) is 2.26. The number of primary amides is 1. The normalized spacial score (nSPS) is 17.8. The zero-order valence-electron chi connectivity index (χ0n) is 23.9. The molecule has 0 bridgehead atoms. The molecule has 2 atom stereocenters. The maximum Gasteiger partial charge on any atom is 0.405 e. The number of likely N-dealkylation sites (tertiary alicyclic amines) is 1. The number of nitrogens with two attached hydrogens (primary N) is 1. The highest BCUT2D eigenvalue weighted by molar-refractivity contribution is 7.09. The Balaban J connectivity index is 1.23. The molecule has 1 saturated heterocycles. The molecular formula is C31H29N7O5S. The summed E-state index contributed by atoms with van der Waals surface area (Å²) in [6, 6.07) is 12.6. The van der Waals surface area contributed by atoms with Crippen LogP contribution in [0.4, 0.5) is 4.79 Å². The van der Waals surface area contributed by atoms with Crippen molar-refractivity contribution in [3.8, 4) is 23.2 Å². The van der Waals surface area contributed by atoms with Crippen molar-refractivity contribution in [2.45, 2.75) is 56.6 Å². The van der Waals surface area contributed by atoms with Gasteiger partial charge in [0.15, 0.2) is 5.60 Å². The van der Waals surface area contributed by atoms with Crippen molar-refractivity contribution in [3.05, 3.63) is 88.0 Å². The Labute approximate surface area is 256 Å². The number of benzene rings is 1. The van der Waals surface area contributed by atoms with Gasteiger partial charge in [-0.25, -0.2) is 19.7 Å². The Hall–Kier alpha value is -4.91. The van der Waals surface area contributed by atoms with Gasteiger partial charge in [0.05, 0.1) is 17.9 Å². The molecule has 2 N–H and O–H groups in total. The van der Waals surface area contributed by atoms with Gasteiger partial charge in [0.2, 0.25) is 5.89 Å². The number of carbonyl (C=O) groups is 2. The summed E-state index contributed by atoms with van der Waals surface area (Å²) in [6.07, 6.45) is 6.28. The van der Waals surface area contributed by atoms with Gasteiger partial charge in [-0.2, -0.15) is 0 Å². The van der Waals surface area contributed by atoms with Crippen LogP contribution < -0.4 is 5.73 Å². The standard InChI is InChI=1S/C31H29N7O5S/c1-31(43-30(32)40,16-18-6-3-2-4-7-18)29-37-36-26(42-29)22-15-20(14-21(34-22)25-33-11-13-41-25)28(39)38-12-5-8-24(38)27-35-23(17-44-27)19-9-10-19/h2-4,6-7,11,13-15,17,19,24H,5,8-10,12,16H2,1H3,(H2,32,40)/t24-,31-/m1/s1. The van der Waals surface area contributed by atoms with E-state index >= 15 is 0 Å². The summed E-state index contributed by atoms with van der Waals surface area (Å²) in [5, 5.41) is 11.5. The van der Waals surface area contributed by atoms with Crippen LogP contribution in [-0.4, -0.2) is 48.6 Å². The number of thiazole rings is 1. The van der Waals surface area contributed by atoms with Crippen molar-refractivity contribution < 1.29 is 23.2 Å². The molecule has 224 valence electrons. The average Bonchev–Trinajstić information content (AvgIpc) is 3.54. The van der Waals surface area contributed by atoms with E-state index in [-0.39, 0.29) is 41.7 Å². The Morgan fingerprint density at radius 3 is 2.61 bits per heavy atom. The fraction of sp³-hybridized carbons (Fsp3) is 0.323. The van der Waals surface area contributed by atoms with Gasteiger partial charge in [-0.3, -0.25) is 4.79 Å². The van der Waals surface area contributed by atoms with Gasteiger partial charge in [-0.15, -0.1) is 21.5 Å². The lowest BCUT2D eigenvalue weighted by Crippen LogP contribution is -2.34. The highest BCUT2D eigenvalue weighted by atomic mass is 32.1. The number of hydrogen-bond donors (Lipinski definition) is 1. The Kier molecular flexibility index (Phi) is 7.17. The summed E-state index contributed by atoms with van der Waals surface area (Å²) < 4.78 is 17.1. The molecule has 12 nitrogen and oxygen atoms in total. The van der Waals surface area contributed by atoms with Gasteiger partial charge in [-0.1, -0.05) is 30.3 Å². The number of nitrogens with zero attached hydrogens (tertiary/aromatic N) is 6. The van der Waals surface area contributed by atoms with Crippen molar-refractivity contribution >= 4 is 23.3 Å². The SMILES string of the molecule is C[C@](Cc1ccccc1)(OC(N)=O)c1nnc(-c2cc(C(=O)N3CCC[C@@H]3c3nc(C4CC4)cs3)cc(-c3ncco3)n2)o1. The van der Waals surface area contributed by atoms with E-state index < -0.39 is 11.7 Å². The molecule has 2 aliphatic rings. The lowest BCUT2D eigenvalue weighted by Gasteiger charge is -2.25. The van der Waals surface area contributed by atoms with Gasteiger partial charge < -0.3 is 24.2 Å². The van der Waals surface area contributed by atoms with Crippen LogP contribution in [0.2, 0.25) is 0 Å². The molecule has 1 aromatic carbocycles. The van der Waals surface area contributed by atoms with Gasteiger partial charge >= 0.3 is 6.09 Å². The van der Waals surface area contributed by atoms with Gasteiger partial charge in [0, 0.05) is 29.8 Å². The predicted molar refractivity (Wildman–Crippen MR) is 158 cm³/mol. The second-order valence-electron chi connectivity index (χ2n) is 11.2. The van der Waals surface area contributed by atoms with Gasteiger partial charge in [0.25, 0.3) is 17.7 Å². The van der Waals surface area contributed by atoms with Crippen molar-refractivity contribution in [2.24, 2.45) is 5.73 Å². The van der Waals surface area contributed by atoms with Crippen LogP contribution in [0.25, 0.3) is 23.2 Å². The molecule has 1 saturated carbocycles. The van der Waals surface area contributed by atoms with E-state index in [1.54, 1.807) is 30.4 Å². The average molecular weight is 612 g/mol. The number of oxazole rings is 1. The van der Waals surface area contributed by atoms with Gasteiger partial charge in [-0.05, 0) is 50.3 Å². The maximum absolute atomic E-state index is 14.1. The third kappa shape index (κ3) is 5.57. The van der Waals surface area contributed by atoms with Crippen LogP contribution in [0.15, 0.2) is 69.1 Å². The number of hydrogen-bond acceptors (Lipinski definition) is 11.